The molecule has 0 amide bonds. The Kier molecular flexibility index (Phi) is 4.96. The molecular weight excluding hydrogens is 382 g/mol. The van der Waals surface area contributed by atoms with Crippen LogP contribution in [0.2, 0.25) is 5.15 Å². The minimum absolute atomic E-state index is 0.484. The molecule has 27 heavy (non-hydrogen) atoms. The van der Waals surface area contributed by atoms with Crippen LogP contribution in [0.3, 0.4) is 0 Å². The normalized spacial score (nSPS) is 11.1. The summed E-state index contributed by atoms with van der Waals surface area (Å²) in [6, 6.07) is 11.7. The third-order valence-corrected chi connectivity index (χ3v) is 5.56. The molecule has 1 aromatic carbocycles. The summed E-state index contributed by atoms with van der Waals surface area (Å²) >= 11 is 7.96. The van der Waals surface area contributed by atoms with E-state index in [0.717, 1.165) is 38.8 Å². The molecule has 136 valence electrons. The van der Waals surface area contributed by atoms with E-state index in [-0.39, 0.29) is 0 Å². The monoisotopic (exact) mass is 397 g/mol. The molecule has 0 aliphatic heterocycles. The van der Waals surface area contributed by atoms with Crippen LogP contribution in [0.5, 0.6) is 5.75 Å². The quantitative estimate of drug-likeness (QED) is 0.368. The summed E-state index contributed by atoms with van der Waals surface area (Å²) in [7, 11) is 3.58. The molecule has 4 aromatic rings. The zero-order valence-electron chi connectivity index (χ0n) is 14.8. The van der Waals surface area contributed by atoms with Gasteiger partial charge in [0.1, 0.15) is 10.9 Å². The summed E-state index contributed by atoms with van der Waals surface area (Å²) in [5, 5.41) is 10.9. The van der Waals surface area contributed by atoms with Crippen molar-refractivity contribution >= 4 is 34.3 Å². The Labute approximate surface area is 165 Å². The van der Waals surface area contributed by atoms with Gasteiger partial charge in [0.15, 0.2) is 11.0 Å². The van der Waals surface area contributed by atoms with Gasteiger partial charge in [-0.25, -0.2) is 4.98 Å². The fraction of sp³-hybridized carbons (Fsp3) is 0.158. The lowest BCUT2D eigenvalue weighted by atomic mass is 10.1. The van der Waals surface area contributed by atoms with Crippen molar-refractivity contribution in [3.8, 4) is 17.1 Å². The number of aromatic nitrogens is 5. The highest BCUT2D eigenvalue weighted by Gasteiger charge is 2.13. The second-order valence-corrected chi connectivity index (χ2v) is 7.19. The van der Waals surface area contributed by atoms with Gasteiger partial charge in [-0.3, -0.25) is 4.98 Å². The van der Waals surface area contributed by atoms with E-state index in [1.165, 1.54) is 0 Å². The van der Waals surface area contributed by atoms with Crippen LogP contribution in [-0.4, -0.2) is 31.8 Å². The number of nitrogens with zero attached hydrogens (tertiary/aromatic N) is 5. The molecule has 0 radical (unpaired) electrons. The maximum absolute atomic E-state index is 6.39. The third kappa shape index (κ3) is 3.61. The number of pyridine rings is 2. The third-order valence-electron chi connectivity index (χ3n) is 4.16. The molecule has 0 aliphatic rings. The van der Waals surface area contributed by atoms with Crippen molar-refractivity contribution in [1.29, 1.82) is 0 Å². The van der Waals surface area contributed by atoms with Crippen LogP contribution in [-0.2, 0) is 12.8 Å². The first-order valence-corrected chi connectivity index (χ1v) is 9.58. The molecular formula is C19H16ClN5OS. The summed E-state index contributed by atoms with van der Waals surface area (Å²) in [5.41, 5.74) is 2.69. The van der Waals surface area contributed by atoms with E-state index in [0.29, 0.717) is 10.9 Å². The number of thioether (sulfide) groups is 1. The molecule has 0 unspecified atom stereocenters. The second kappa shape index (κ2) is 7.54. The average Bonchev–Trinajstić information content (AvgIpc) is 3.07. The van der Waals surface area contributed by atoms with Crippen molar-refractivity contribution in [1.82, 2.24) is 24.7 Å². The van der Waals surface area contributed by atoms with Gasteiger partial charge in [0.25, 0.3) is 0 Å². The lowest BCUT2D eigenvalue weighted by Gasteiger charge is -2.08. The molecule has 0 aliphatic carbocycles. The largest absolute Gasteiger partial charge is 0.497 e. The Bertz CT molecular complexity index is 1100. The van der Waals surface area contributed by atoms with Crippen molar-refractivity contribution in [3.63, 3.8) is 0 Å². The van der Waals surface area contributed by atoms with Gasteiger partial charge in [-0.05, 0) is 30.3 Å². The predicted octanol–water partition coefficient (Wildman–Crippen LogP) is 4.38. The van der Waals surface area contributed by atoms with E-state index in [1.807, 2.05) is 41.9 Å². The first kappa shape index (κ1) is 17.8. The lowest BCUT2D eigenvalue weighted by molar-refractivity contribution is 0.415. The smallest absolute Gasteiger partial charge is 0.191 e. The van der Waals surface area contributed by atoms with Crippen LogP contribution in [0.1, 0.15) is 5.56 Å². The van der Waals surface area contributed by atoms with Gasteiger partial charge in [-0.15, -0.1) is 10.2 Å². The summed E-state index contributed by atoms with van der Waals surface area (Å²) in [5.74, 6) is 2.18. The molecule has 0 saturated carbocycles. The molecule has 8 heteroatoms. The summed E-state index contributed by atoms with van der Waals surface area (Å²) in [4.78, 5) is 8.63. The predicted molar refractivity (Wildman–Crippen MR) is 107 cm³/mol. The minimum Gasteiger partial charge on any atom is -0.497 e. The average molecular weight is 398 g/mol. The Hall–Kier alpha value is -2.64. The highest BCUT2D eigenvalue weighted by Crippen LogP contribution is 2.30. The number of fused-ring (bicyclic) bond motifs is 1. The standard InChI is InChI=1S/C19H16ClN5OS/c1-25-18(13-4-3-7-21-10-13)23-24-19(25)27-11-14-8-12-5-6-15(26-2)9-16(12)22-17(14)20/h3-10H,11H2,1-2H3. The SMILES string of the molecule is COc1ccc2cc(CSc3nnc(-c4cccnc4)n3C)c(Cl)nc2c1. The van der Waals surface area contributed by atoms with Gasteiger partial charge in [-0.2, -0.15) is 0 Å². The molecule has 3 aromatic heterocycles. The Morgan fingerprint density at radius 2 is 2.07 bits per heavy atom. The van der Waals surface area contributed by atoms with Crippen molar-refractivity contribution in [3.05, 3.63) is 59.5 Å². The highest BCUT2D eigenvalue weighted by molar-refractivity contribution is 7.98. The van der Waals surface area contributed by atoms with Crippen LogP contribution in [0, 0.1) is 0 Å². The van der Waals surface area contributed by atoms with Crippen molar-refractivity contribution in [2.45, 2.75) is 10.9 Å². The van der Waals surface area contributed by atoms with Crippen molar-refractivity contribution in [2.24, 2.45) is 7.05 Å². The van der Waals surface area contributed by atoms with Crippen LogP contribution in [0.15, 0.2) is 53.9 Å². The zero-order valence-corrected chi connectivity index (χ0v) is 16.3. The van der Waals surface area contributed by atoms with E-state index >= 15 is 0 Å². The molecule has 4 rings (SSSR count). The lowest BCUT2D eigenvalue weighted by Crippen LogP contribution is -1.96. The molecule has 3 heterocycles. The summed E-state index contributed by atoms with van der Waals surface area (Å²) in [6.07, 6.45) is 3.51. The fourth-order valence-electron chi connectivity index (χ4n) is 2.72. The highest BCUT2D eigenvalue weighted by atomic mass is 35.5. The maximum Gasteiger partial charge on any atom is 0.191 e. The number of halogens is 1. The Morgan fingerprint density at radius 3 is 2.85 bits per heavy atom. The maximum atomic E-state index is 6.39. The van der Waals surface area contributed by atoms with Gasteiger partial charge in [-0.1, -0.05) is 23.4 Å². The van der Waals surface area contributed by atoms with E-state index in [9.17, 15) is 0 Å². The topological polar surface area (TPSA) is 65.7 Å². The van der Waals surface area contributed by atoms with Crippen molar-refractivity contribution < 1.29 is 4.74 Å². The van der Waals surface area contributed by atoms with Crippen LogP contribution in [0.4, 0.5) is 0 Å². The van der Waals surface area contributed by atoms with Crippen LogP contribution >= 0.6 is 23.4 Å². The second-order valence-electron chi connectivity index (χ2n) is 5.89. The summed E-state index contributed by atoms with van der Waals surface area (Å²) < 4.78 is 7.19. The molecule has 0 saturated heterocycles. The molecule has 0 atom stereocenters. The van der Waals surface area contributed by atoms with E-state index in [1.54, 1.807) is 31.3 Å². The Morgan fingerprint density at radius 1 is 1.19 bits per heavy atom. The molecule has 0 N–H and O–H groups in total. The number of methoxy groups -OCH3 is 1. The van der Waals surface area contributed by atoms with Gasteiger partial charge >= 0.3 is 0 Å². The van der Waals surface area contributed by atoms with Crippen LogP contribution < -0.4 is 4.74 Å². The van der Waals surface area contributed by atoms with E-state index < -0.39 is 0 Å². The van der Waals surface area contributed by atoms with Gasteiger partial charge in [0, 0.05) is 47.8 Å². The zero-order chi connectivity index (χ0) is 18.8. The molecule has 0 spiro atoms. The van der Waals surface area contributed by atoms with E-state index in [4.69, 9.17) is 16.3 Å². The van der Waals surface area contributed by atoms with Crippen LogP contribution in [0.25, 0.3) is 22.3 Å². The number of rotatable bonds is 5. The first-order chi connectivity index (χ1) is 13.2. The first-order valence-electron chi connectivity index (χ1n) is 8.21. The van der Waals surface area contributed by atoms with Gasteiger partial charge < -0.3 is 9.30 Å². The Balaban J connectivity index is 1.57. The van der Waals surface area contributed by atoms with Gasteiger partial charge in [0.2, 0.25) is 0 Å². The van der Waals surface area contributed by atoms with Gasteiger partial charge in [0.05, 0.1) is 12.6 Å². The van der Waals surface area contributed by atoms with Crippen molar-refractivity contribution in [2.75, 3.05) is 7.11 Å². The molecule has 6 nitrogen and oxygen atoms in total. The fourth-order valence-corrected chi connectivity index (χ4v) is 3.90. The van der Waals surface area contributed by atoms with E-state index in [2.05, 4.69) is 26.2 Å². The number of hydrogen-bond acceptors (Lipinski definition) is 6. The molecule has 0 fully saturated rings. The minimum atomic E-state index is 0.484. The molecule has 0 bridgehead atoms. The number of ether oxygens (including phenoxy) is 1. The number of hydrogen-bond donors (Lipinski definition) is 0. The number of benzene rings is 1. The summed E-state index contributed by atoms with van der Waals surface area (Å²) in [6.45, 7) is 0.